The van der Waals surface area contributed by atoms with E-state index in [1.165, 1.54) is 10.4 Å². The van der Waals surface area contributed by atoms with Crippen LogP contribution in [0.25, 0.3) is 0 Å². The number of nitrogens with two attached hydrogens (primary N) is 1. The van der Waals surface area contributed by atoms with Gasteiger partial charge in [0.15, 0.2) is 5.78 Å². The number of benzene rings is 1. The van der Waals surface area contributed by atoms with Crippen LogP contribution in [0.4, 0.5) is 5.00 Å². The molecule has 2 aromatic rings. The summed E-state index contributed by atoms with van der Waals surface area (Å²) < 4.78 is 0. The van der Waals surface area contributed by atoms with Gasteiger partial charge in [0.1, 0.15) is 0 Å². The molecule has 0 saturated heterocycles. The molecule has 2 N–H and O–H groups in total. The SMILES string of the molecule is CC(C)N1CCc2c(sc(N)c2C(=O)c2ccccc2)C1. The predicted octanol–water partition coefficient (Wildman–Crippen LogP) is 3.33. The first-order valence-electron chi connectivity index (χ1n) is 7.31. The molecule has 1 aromatic heterocycles. The number of rotatable bonds is 3. The van der Waals surface area contributed by atoms with Gasteiger partial charge >= 0.3 is 0 Å². The molecule has 2 heterocycles. The first-order valence-corrected chi connectivity index (χ1v) is 8.13. The Kier molecular flexibility index (Phi) is 3.83. The molecule has 0 saturated carbocycles. The maximum Gasteiger partial charge on any atom is 0.196 e. The number of nitrogen functional groups attached to an aromatic ring is 1. The second kappa shape index (κ2) is 5.62. The molecule has 1 aliphatic heterocycles. The lowest BCUT2D eigenvalue weighted by Crippen LogP contribution is -2.35. The zero-order valence-electron chi connectivity index (χ0n) is 12.4. The topological polar surface area (TPSA) is 46.3 Å². The number of fused-ring (bicyclic) bond motifs is 1. The van der Waals surface area contributed by atoms with Gasteiger partial charge in [-0.05, 0) is 25.8 Å². The molecule has 0 fully saturated rings. The molecular weight excluding hydrogens is 280 g/mol. The van der Waals surface area contributed by atoms with Crippen LogP contribution in [0.5, 0.6) is 0 Å². The van der Waals surface area contributed by atoms with E-state index in [-0.39, 0.29) is 5.78 Å². The number of carbonyl (C=O) groups excluding carboxylic acids is 1. The summed E-state index contributed by atoms with van der Waals surface area (Å²) in [6.07, 6.45) is 0.912. The minimum absolute atomic E-state index is 0.0589. The highest BCUT2D eigenvalue weighted by Gasteiger charge is 2.28. The molecule has 1 aliphatic rings. The van der Waals surface area contributed by atoms with E-state index in [9.17, 15) is 4.79 Å². The summed E-state index contributed by atoms with van der Waals surface area (Å²) in [5.41, 5.74) is 8.79. The molecule has 3 nitrogen and oxygen atoms in total. The van der Waals surface area contributed by atoms with Crippen molar-refractivity contribution in [1.82, 2.24) is 4.90 Å². The fraction of sp³-hybridized carbons (Fsp3) is 0.353. The van der Waals surface area contributed by atoms with Crippen LogP contribution in [-0.2, 0) is 13.0 Å². The van der Waals surface area contributed by atoms with Crippen LogP contribution in [0.15, 0.2) is 30.3 Å². The van der Waals surface area contributed by atoms with Crippen LogP contribution >= 0.6 is 11.3 Å². The van der Waals surface area contributed by atoms with E-state index in [4.69, 9.17) is 5.73 Å². The number of ketones is 1. The molecule has 1 aromatic carbocycles. The lowest BCUT2D eigenvalue weighted by molar-refractivity contribution is 0.103. The molecule has 0 bridgehead atoms. The van der Waals surface area contributed by atoms with E-state index in [1.807, 2.05) is 30.3 Å². The Morgan fingerprint density at radius 1 is 1.29 bits per heavy atom. The van der Waals surface area contributed by atoms with Crippen molar-refractivity contribution in [3.63, 3.8) is 0 Å². The lowest BCUT2D eigenvalue weighted by Gasteiger charge is -2.30. The minimum atomic E-state index is 0.0589. The third-order valence-corrected chi connectivity index (χ3v) is 5.15. The molecule has 3 rings (SSSR count). The summed E-state index contributed by atoms with van der Waals surface area (Å²) in [5, 5.41) is 0.666. The number of hydrogen-bond donors (Lipinski definition) is 1. The molecule has 0 unspecified atom stereocenters. The molecule has 0 radical (unpaired) electrons. The maximum absolute atomic E-state index is 12.7. The number of nitrogens with zero attached hydrogens (tertiary/aromatic N) is 1. The Morgan fingerprint density at radius 2 is 2.00 bits per heavy atom. The third-order valence-electron chi connectivity index (χ3n) is 4.11. The summed E-state index contributed by atoms with van der Waals surface area (Å²) >= 11 is 1.58. The molecule has 0 aliphatic carbocycles. The standard InChI is InChI=1S/C17H20N2OS/c1-11(2)19-9-8-13-14(10-19)21-17(18)15(13)16(20)12-6-4-3-5-7-12/h3-7,11H,8-10,18H2,1-2H3. The summed E-state index contributed by atoms with van der Waals surface area (Å²) in [4.78, 5) is 16.4. The van der Waals surface area contributed by atoms with Crippen LogP contribution in [0.2, 0.25) is 0 Å². The highest BCUT2D eigenvalue weighted by Crippen LogP contribution is 2.36. The van der Waals surface area contributed by atoms with Gasteiger partial charge in [-0.1, -0.05) is 30.3 Å². The summed E-state index contributed by atoms with van der Waals surface area (Å²) in [6.45, 7) is 6.32. The smallest absolute Gasteiger partial charge is 0.196 e. The predicted molar refractivity (Wildman–Crippen MR) is 87.9 cm³/mol. The van der Waals surface area contributed by atoms with Gasteiger partial charge in [-0.3, -0.25) is 9.69 Å². The molecule has 21 heavy (non-hydrogen) atoms. The van der Waals surface area contributed by atoms with Crippen molar-refractivity contribution in [3.8, 4) is 0 Å². The van der Waals surface area contributed by atoms with Crippen molar-refractivity contribution in [2.75, 3.05) is 12.3 Å². The van der Waals surface area contributed by atoms with Gasteiger partial charge in [0.25, 0.3) is 0 Å². The van der Waals surface area contributed by atoms with Crippen LogP contribution in [0.1, 0.15) is 40.2 Å². The zero-order chi connectivity index (χ0) is 15.0. The van der Waals surface area contributed by atoms with Crippen LogP contribution < -0.4 is 5.73 Å². The Bertz CT molecular complexity index is 661. The summed E-state index contributed by atoms with van der Waals surface area (Å²) in [5.74, 6) is 0.0589. The second-order valence-corrected chi connectivity index (χ2v) is 6.89. The lowest BCUT2D eigenvalue weighted by atomic mass is 9.96. The normalized spacial score (nSPS) is 15.2. The molecular formula is C17H20N2OS. The van der Waals surface area contributed by atoms with Crippen molar-refractivity contribution in [3.05, 3.63) is 51.9 Å². The van der Waals surface area contributed by atoms with Gasteiger partial charge in [-0.25, -0.2) is 0 Å². The van der Waals surface area contributed by atoms with E-state index in [0.29, 0.717) is 11.0 Å². The minimum Gasteiger partial charge on any atom is -0.390 e. The quantitative estimate of drug-likeness (QED) is 0.884. The van der Waals surface area contributed by atoms with Crippen molar-refractivity contribution in [2.24, 2.45) is 0 Å². The van der Waals surface area contributed by atoms with E-state index >= 15 is 0 Å². The van der Waals surface area contributed by atoms with E-state index in [0.717, 1.165) is 30.6 Å². The fourth-order valence-electron chi connectivity index (χ4n) is 2.87. The van der Waals surface area contributed by atoms with E-state index < -0.39 is 0 Å². The number of carbonyl (C=O) groups is 1. The Hall–Kier alpha value is -1.65. The zero-order valence-corrected chi connectivity index (χ0v) is 13.2. The monoisotopic (exact) mass is 300 g/mol. The first-order chi connectivity index (χ1) is 10.1. The number of thiophene rings is 1. The summed E-state index contributed by atoms with van der Waals surface area (Å²) in [6, 6.07) is 9.94. The van der Waals surface area contributed by atoms with Gasteiger partial charge in [0, 0.05) is 29.6 Å². The largest absolute Gasteiger partial charge is 0.390 e. The van der Waals surface area contributed by atoms with Crippen molar-refractivity contribution < 1.29 is 4.79 Å². The molecule has 0 atom stereocenters. The number of anilines is 1. The molecule has 0 amide bonds. The second-order valence-electron chi connectivity index (χ2n) is 5.75. The van der Waals surface area contributed by atoms with Crippen LogP contribution in [0.3, 0.4) is 0 Å². The highest BCUT2D eigenvalue weighted by molar-refractivity contribution is 7.16. The van der Waals surface area contributed by atoms with Gasteiger partial charge in [0.2, 0.25) is 0 Å². The molecule has 110 valence electrons. The summed E-state index contributed by atoms with van der Waals surface area (Å²) in [7, 11) is 0. The first kappa shape index (κ1) is 14.3. The maximum atomic E-state index is 12.7. The Labute approximate surface area is 129 Å². The van der Waals surface area contributed by atoms with Crippen molar-refractivity contribution in [2.45, 2.75) is 32.9 Å². The van der Waals surface area contributed by atoms with Gasteiger partial charge in [-0.15, -0.1) is 11.3 Å². The van der Waals surface area contributed by atoms with Crippen molar-refractivity contribution >= 4 is 22.1 Å². The Morgan fingerprint density at radius 3 is 2.67 bits per heavy atom. The van der Waals surface area contributed by atoms with Gasteiger partial charge in [-0.2, -0.15) is 0 Å². The van der Waals surface area contributed by atoms with Crippen LogP contribution in [0, 0.1) is 0 Å². The van der Waals surface area contributed by atoms with Crippen LogP contribution in [-0.4, -0.2) is 23.3 Å². The average molecular weight is 300 g/mol. The molecule has 4 heteroatoms. The van der Waals surface area contributed by atoms with E-state index in [2.05, 4.69) is 18.7 Å². The van der Waals surface area contributed by atoms with Gasteiger partial charge in [0.05, 0.1) is 10.6 Å². The molecule has 0 spiro atoms. The third kappa shape index (κ3) is 2.61. The van der Waals surface area contributed by atoms with Gasteiger partial charge < -0.3 is 5.73 Å². The average Bonchev–Trinajstić information content (AvgIpc) is 2.82. The Balaban J connectivity index is 1.97. The van der Waals surface area contributed by atoms with Crippen molar-refractivity contribution in [1.29, 1.82) is 0 Å². The highest BCUT2D eigenvalue weighted by atomic mass is 32.1. The fourth-order valence-corrected chi connectivity index (χ4v) is 4.01. The van der Waals surface area contributed by atoms with E-state index in [1.54, 1.807) is 11.3 Å². The number of hydrogen-bond acceptors (Lipinski definition) is 4.